The summed E-state index contributed by atoms with van der Waals surface area (Å²) in [5.41, 5.74) is 4.72. The fraction of sp³-hybridized carbons (Fsp3) is 0.229. The van der Waals surface area contributed by atoms with Crippen LogP contribution in [-0.4, -0.2) is 46.4 Å². The predicted octanol–water partition coefficient (Wildman–Crippen LogP) is 6.56. The van der Waals surface area contributed by atoms with Crippen LogP contribution in [0.25, 0.3) is 27.8 Å². The van der Waals surface area contributed by atoms with Gasteiger partial charge < -0.3 is 34.5 Å². The monoisotopic (exact) mass is 577 g/mol. The topological polar surface area (TPSA) is 121 Å². The molecule has 7 rings (SSSR count). The number of Topliss-reactive ketones (excluding diaryl/α,β-unsaturated/α-hetero) is 1. The van der Waals surface area contributed by atoms with Crippen molar-refractivity contribution in [2.24, 2.45) is 0 Å². The molecule has 8 heteroatoms. The fourth-order valence-electron chi connectivity index (χ4n) is 6.43. The number of ether oxygens (including phenoxy) is 3. The summed E-state index contributed by atoms with van der Waals surface area (Å²) in [5, 5.41) is 34.3. The summed E-state index contributed by atoms with van der Waals surface area (Å²) in [6.07, 6.45) is 6.29. The smallest absolute Gasteiger partial charge is 0.204 e. The maximum atomic E-state index is 13.8. The normalized spacial score (nSPS) is 17.2. The Kier molecular flexibility index (Phi) is 6.70. The van der Waals surface area contributed by atoms with E-state index in [-0.39, 0.29) is 65.6 Å². The average molecular weight is 578 g/mol. The molecule has 5 aromatic rings. The summed E-state index contributed by atoms with van der Waals surface area (Å²) in [7, 11) is 1.43. The summed E-state index contributed by atoms with van der Waals surface area (Å²) in [4.78, 5) is 17.1. The second kappa shape index (κ2) is 10.7. The van der Waals surface area contributed by atoms with E-state index in [0.29, 0.717) is 18.4 Å². The van der Waals surface area contributed by atoms with Crippen molar-refractivity contribution in [3.63, 3.8) is 0 Å². The lowest BCUT2D eigenvalue weighted by Crippen LogP contribution is -2.23. The number of nitrogens with one attached hydrogen (secondary N) is 1. The Morgan fingerprint density at radius 2 is 1.88 bits per heavy atom. The van der Waals surface area contributed by atoms with Crippen LogP contribution >= 0.6 is 0 Å². The molecule has 2 unspecified atom stereocenters. The molecule has 0 radical (unpaired) electrons. The maximum absolute atomic E-state index is 13.8. The van der Waals surface area contributed by atoms with Crippen LogP contribution in [0.1, 0.15) is 57.5 Å². The highest BCUT2D eigenvalue weighted by Crippen LogP contribution is 2.54. The summed E-state index contributed by atoms with van der Waals surface area (Å²) < 4.78 is 18.1. The number of carbonyl (C=O) groups is 1. The first-order valence-electron chi connectivity index (χ1n) is 14.4. The number of H-pyrrole nitrogens is 1. The molecule has 0 fully saturated rings. The number of hydrogen-bond acceptors (Lipinski definition) is 7. The first-order valence-corrected chi connectivity index (χ1v) is 14.4. The number of aromatic amines is 1. The molecule has 2 aliphatic rings. The third kappa shape index (κ3) is 4.46. The minimum atomic E-state index is -0.620. The largest absolute Gasteiger partial charge is 0.508 e. The molecule has 0 saturated carbocycles. The van der Waals surface area contributed by atoms with E-state index in [1.165, 1.54) is 7.11 Å². The van der Waals surface area contributed by atoms with E-state index in [2.05, 4.69) is 47.5 Å². The molecule has 2 atom stereocenters. The minimum Gasteiger partial charge on any atom is -0.508 e. The number of aliphatic hydroxyl groups excluding tert-OH is 1. The van der Waals surface area contributed by atoms with Gasteiger partial charge in [0.05, 0.1) is 20.1 Å². The molecule has 0 spiro atoms. The van der Waals surface area contributed by atoms with Crippen molar-refractivity contribution in [1.82, 2.24) is 4.98 Å². The summed E-state index contributed by atoms with van der Waals surface area (Å²) in [6, 6.07) is 17.1. The van der Waals surface area contributed by atoms with Crippen molar-refractivity contribution in [2.75, 3.05) is 20.3 Å². The fourth-order valence-corrected chi connectivity index (χ4v) is 6.43. The molecule has 43 heavy (non-hydrogen) atoms. The van der Waals surface area contributed by atoms with Crippen LogP contribution in [-0.2, 0) is 6.42 Å². The third-order valence-electron chi connectivity index (χ3n) is 8.45. The van der Waals surface area contributed by atoms with Gasteiger partial charge in [0.25, 0.3) is 0 Å². The van der Waals surface area contributed by atoms with Gasteiger partial charge in [-0.2, -0.15) is 0 Å². The third-order valence-corrected chi connectivity index (χ3v) is 8.45. The Bertz CT molecular complexity index is 1900. The lowest BCUT2D eigenvalue weighted by atomic mass is 9.81. The van der Waals surface area contributed by atoms with E-state index in [9.17, 15) is 20.1 Å². The second-order valence-corrected chi connectivity index (χ2v) is 11.0. The molecule has 218 valence electrons. The van der Waals surface area contributed by atoms with E-state index in [0.717, 1.165) is 38.4 Å². The molecule has 1 aliphatic carbocycles. The number of aromatic hydroxyl groups is 2. The van der Waals surface area contributed by atoms with Crippen LogP contribution < -0.4 is 14.2 Å². The number of carbonyl (C=O) groups excluding carboxylic acids is 1. The lowest BCUT2D eigenvalue weighted by molar-refractivity contribution is 0.0837. The summed E-state index contributed by atoms with van der Waals surface area (Å²) >= 11 is 0. The van der Waals surface area contributed by atoms with Crippen molar-refractivity contribution < 1.29 is 34.3 Å². The Morgan fingerprint density at radius 3 is 2.67 bits per heavy atom. The number of phenolic OH excluding ortho intramolecular Hbond substituents is 2. The quantitative estimate of drug-likeness (QED) is 0.154. The van der Waals surface area contributed by atoms with Crippen LogP contribution in [0.5, 0.6) is 28.7 Å². The molecular weight excluding hydrogens is 546 g/mol. The molecule has 4 aromatic carbocycles. The number of benzene rings is 4. The Hall–Kier alpha value is -4.95. The number of allylic oxidation sites excluding steroid dienone is 1. The van der Waals surface area contributed by atoms with Gasteiger partial charge in [0.15, 0.2) is 17.3 Å². The highest BCUT2D eigenvalue weighted by atomic mass is 16.5. The molecule has 4 N–H and O–H groups in total. The van der Waals surface area contributed by atoms with Crippen LogP contribution in [0.2, 0.25) is 0 Å². The second-order valence-electron chi connectivity index (χ2n) is 11.0. The van der Waals surface area contributed by atoms with Gasteiger partial charge in [0.1, 0.15) is 23.2 Å². The number of fused-ring (bicyclic) bond motifs is 3. The standard InChI is InChI=1S/C35H31NO7/c1-41-35-32(40)26(16-20-6-7-21-17-27-24(12-13-36-27)25-5-2-4-23(20)30(21)25)33-31(34(35)42-15-3-14-37)28(39)18-29(43-33)19-8-10-22(38)11-9-19/h2,4-13,17,20,29,36-38,40H,3,14-16,18H2,1H3. The highest BCUT2D eigenvalue weighted by Gasteiger charge is 2.38. The van der Waals surface area contributed by atoms with Gasteiger partial charge in [-0.3, -0.25) is 4.79 Å². The molecule has 1 aromatic heterocycles. The zero-order valence-electron chi connectivity index (χ0n) is 23.6. The van der Waals surface area contributed by atoms with Crippen LogP contribution in [0.15, 0.2) is 66.9 Å². The Balaban J connectivity index is 1.37. The lowest BCUT2D eigenvalue weighted by Gasteiger charge is -2.31. The average Bonchev–Trinajstić information content (AvgIpc) is 3.49. The predicted molar refractivity (Wildman–Crippen MR) is 164 cm³/mol. The van der Waals surface area contributed by atoms with Gasteiger partial charge in [-0.25, -0.2) is 0 Å². The number of hydrogen-bond donors (Lipinski definition) is 4. The van der Waals surface area contributed by atoms with Crippen molar-refractivity contribution >= 4 is 33.5 Å². The van der Waals surface area contributed by atoms with Crippen LogP contribution in [0, 0.1) is 0 Å². The molecule has 1 aliphatic heterocycles. The van der Waals surface area contributed by atoms with Crippen molar-refractivity contribution in [2.45, 2.75) is 31.3 Å². The number of methoxy groups -OCH3 is 1. The molecule has 0 amide bonds. The van der Waals surface area contributed by atoms with Gasteiger partial charge in [-0.1, -0.05) is 42.5 Å². The number of rotatable bonds is 8. The van der Waals surface area contributed by atoms with Crippen LogP contribution in [0.4, 0.5) is 0 Å². The van der Waals surface area contributed by atoms with E-state index in [1.54, 1.807) is 24.3 Å². The van der Waals surface area contributed by atoms with E-state index >= 15 is 0 Å². The number of aliphatic hydroxyl groups is 1. The molecule has 2 heterocycles. The summed E-state index contributed by atoms with van der Waals surface area (Å²) in [5.74, 6) is 0.0814. The SMILES string of the molecule is COc1c(O)c(CC2C=Cc3cc4[nH]ccc4c4cccc2c34)c2c(c1OCCCO)C(=O)CC(c1ccc(O)cc1)O2. The van der Waals surface area contributed by atoms with Crippen molar-refractivity contribution in [1.29, 1.82) is 0 Å². The van der Waals surface area contributed by atoms with E-state index in [1.807, 2.05) is 6.20 Å². The van der Waals surface area contributed by atoms with Crippen molar-refractivity contribution in [3.8, 4) is 28.7 Å². The Labute approximate surface area is 247 Å². The number of phenols is 2. The maximum Gasteiger partial charge on any atom is 0.204 e. The molecular formula is C35H31NO7. The van der Waals surface area contributed by atoms with Gasteiger partial charge in [0, 0.05) is 41.6 Å². The number of ketones is 1. The molecule has 8 nitrogen and oxygen atoms in total. The van der Waals surface area contributed by atoms with E-state index in [4.69, 9.17) is 14.2 Å². The zero-order valence-corrected chi connectivity index (χ0v) is 23.6. The van der Waals surface area contributed by atoms with Gasteiger partial charge in [-0.15, -0.1) is 0 Å². The van der Waals surface area contributed by atoms with Crippen LogP contribution in [0.3, 0.4) is 0 Å². The Morgan fingerprint density at radius 1 is 1.05 bits per heavy atom. The first-order chi connectivity index (χ1) is 21.0. The van der Waals surface area contributed by atoms with Crippen molar-refractivity contribution in [3.05, 3.63) is 94.7 Å². The molecule has 0 bridgehead atoms. The molecule has 0 saturated heterocycles. The minimum absolute atomic E-state index is 0.0458. The zero-order chi connectivity index (χ0) is 29.7. The first kappa shape index (κ1) is 26.9. The van der Waals surface area contributed by atoms with E-state index < -0.39 is 6.10 Å². The van der Waals surface area contributed by atoms with Gasteiger partial charge in [0.2, 0.25) is 5.75 Å². The highest BCUT2D eigenvalue weighted by molar-refractivity contribution is 6.12. The summed E-state index contributed by atoms with van der Waals surface area (Å²) in [6.45, 7) is 0.0442. The van der Waals surface area contributed by atoms with Gasteiger partial charge in [-0.05, 0) is 58.1 Å². The number of aromatic nitrogens is 1. The van der Waals surface area contributed by atoms with Gasteiger partial charge >= 0.3 is 0 Å².